The highest BCUT2D eigenvalue weighted by molar-refractivity contribution is 6.00. The van der Waals surface area contributed by atoms with Crippen LogP contribution in [0.15, 0.2) is 18.2 Å². The molecule has 136 valence electrons. The quantitative estimate of drug-likeness (QED) is 0.892. The van der Waals surface area contributed by atoms with Gasteiger partial charge in [0.15, 0.2) is 0 Å². The Hall–Kier alpha value is -1.88. The van der Waals surface area contributed by atoms with Crippen LogP contribution in [0.3, 0.4) is 0 Å². The first-order chi connectivity index (χ1) is 12.0. The number of hydrogen-bond donors (Lipinski definition) is 1. The van der Waals surface area contributed by atoms with Crippen LogP contribution in [0.2, 0.25) is 0 Å². The number of carbonyl (C=O) groups is 2. The van der Waals surface area contributed by atoms with E-state index in [0.717, 1.165) is 29.9 Å². The summed E-state index contributed by atoms with van der Waals surface area (Å²) in [6.07, 6.45) is 2.80. The molecule has 0 aliphatic carbocycles. The number of nitrogens with one attached hydrogen (secondary N) is 1. The number of likely N-dealkylation sites (tertiary alicyclic amines) is 1. The molecule has 2 atom stereocenters. The number of nitrogens with zero attached hydrogens (tertiary/aromatic N) is 2. The van der Waals surface area contributed by atoms with Gasteiger partial charge < -0.3 is 10.2 Å². The maximum Gasteiger partial charge on any atom is 0.227 e. The zero-order valence-corrected chi connectivity index (χ0v) is 15.5. The van der Waals surface area contributed by atoms with Gasteiger partial charge in [0.25, 0.3) is 0 Å². The number of carbonyl (C=O) groups excluding carboxylic acids is 2. The first-order valence-electron chi connectivity index (χ1n) is 9.35. The summed E-state index contributed by atoms with van der Waals surface area (Å²) in [7, 11) is 0. The lowest BCUT2D eigenvalue weighted by Crippen LogP contribution is -2.43. The lowest BCUT2D eigenvalue weighted by molar-refractivity contribution is -0.126. The summed E-state index contributed by atoms with van der Waals surface area (Å²) in [6, 6.07) is 6.34. The molecule has 0 saturated carbocycles. The summed E-state index contributed by atoms with van der Waals surface area (Å²) < 4.78 is 0. The predicted octanol–water partition coefficient (Wildman–Crippen LogP) is 2.26. The molecular weight excluding hydrogens is 314 g/mol. The van der Waals surface area contributed by atoms with E-state index in [1.165, 1.54) is 12.8 Å². The summed E-state index contributed by atoms with van der Waals surface area (Å²) in [6.45, 7) is 9.62. The average Bonchev–Trinajstić information content (AvgIpc) is 3.25. The molecule has 2 aliphatic heterocycles. The lowest BCUT2D eigenvalue weighted by atomic mass is 10.1. The molecule has 0 bridgehead atoms. The molecule has 1 aromatic rings. The van der Waals surface area contributed by atoms with E-state index in [0.29, 0.717) is 25.6 Å². The van der Waals surface area contributed by atoms with Gasteiger partial charge in [-0.15, -0.1) is 0 Å². The summed E-state index contributed by atoms with van der Waals surface area (Å²) in [5.41, 5.74) is 3.21. The lowest BCUT2D eigenvalue weighted by Gasteiger charge is -2.24. The van der Waals surface area contributed by atoms with Gasteiger partial charge in [-0.3, -0.25) is 14.5 Å². The fraction of sp³-hybridized carbons (Fsp3) is 0.600. The maximum atomic E-state index is 12.5. The fourth-order valence-electron chi connectivity index (χ4n) is 3.85. The third-order valence-electron chi connectivity index (χ3n) is 5.70. The molecular formula is C20H29N3O2. The Labute approximate surface area is 150 Å². The fourth-order valence-corrected chi connectivity index (χ4v) is 3.85. The highest BCUT2D eigenvalue weighted by Crippen LogP contribution is 2.29. The van der Waals surface area contributed by atoms with Crippen molar-refractivity contribution in [2.24, 2.45) is 5.92 Å². The van der Waals surface area contributed by atoms with Crippen LogP contribution in [0, 0.1) is 19.8 Å². The zero-order chi connectivity index (χ0) is 18.0. The van der Waals surface area contributed by atoms with Crippen LogP contribution in [-0.2, 0) is 9.59 Å². The molecule has 5 nitrogen and oxygen atoms in total. The Kier molecular flexibility index (Phi) is 5.42. The molecule has 2 saturated heterocycles. The Morgan fingerprint density at radius 1 is 1.28 bits per heavy atom. The summed E-state index contributed by atoms with van der Waals surface area (Å²) in [5, 5.41) is 3.06. The van der Waals surface area contributed by atoms with Gasteiger partial charge in [0.05, 0.1) is 5.92 Å². The molecule has 0 radical (unpaired) electrons. The Morgan fingerprint density at radius 2 is 2.00 bits per heavy atom. The van der Waals surface area contributed by atoms with E-state index in [9.17, 15) is 9.59 Å². The van der Waals surface area contributed by atoms with Gasteiger partial charge in [-0.25, -0.2) is 0 Å². The summed E-state index contributed by atoms with van der Waals surface area (Å²) in [5.74, 6) is -0.202. The molecule has 0 spiro atoms. The average molecular weight is 343 g/mol. The van der Waals surface area contributed by atoms with Crippen molar-refractivity contribution < 1.29 is 9.59 Å². The first kappa shape index (κ1) is 17.9. The molecule has 3 rings (SSSR count). The van der Waals surface area contributed by atoms with Crippen molar-refractivity contribution in [2.75, 3.05) is 31.1 Å². The number of benzene rings is 1. The second-order valence-corrected chi connectivity index (χ2v) is 7.46. The molecule has 1 aromatic carbocycles. The Balaban J connectivity index is 1.58. The predicted molar refractivity (Wildman–Crippen MR) is 99.7 cm³/mol. The van der Waals surface area contributed by atoms with Crippen molar-refractivity contribution >= 4 is 17.5 Å². The monoisotopic (exact) mass is 343 g/mol. The van der Waals surface area contributed by atoms with E-state index in [-0.39, 0.29) is 17.7 Å². The van der Waals surface area contributed by atoms with E-state index >= 15 is 0 Å². The minimum Gasteiger partial charge on any atom is -0.354 e. The highest BCUT2D eigenvalue weighted by Gasteiger charge is 2.35. The van der Waals surface area contributed by atoms with Crippen molar-refractivity contribution in [1.82, 2.24) is 10.2 Å². The van der Waals surface area contributed by atoms with Crippen LogP contribution >= 0.6 is 0 Å². The largest absolute Gasteiger partial charge is 0.354 e. The molecule has 2 aliphatic rings. The van der Waals surface area contributed by atoms with Crippen molar-refractivity contribution in [3.63, 3.8) is 0 Å². The highest BCUT2D eigenvalue weighted by atomic mass is 16.2. The normalized spacial score (nSPS) is 22.4. The summed E-state index contributed by atoms with van der Waals surface area (Å²) in [4.78, 5) is 29.2. The number of hydrogen-bond acceptors (Lipinski definition) is 3. The SMILES string of the molecule is Cc1cccc(N2C[C@H](C(=O)NC[C@H](C)N3CCCC3)CC2=O)c1C. The molecule has 2 fully saturated rings. The van der Waals surface area contributed by atoms with E-state index in [4.69, 9.17) is 0 Å². The van der Waals surface area contributed by atoms with Crippen molar-refractivity contribution in [2.45, 2.75) is 46.1 Å². The molecule has 2 amide bonds. The van der Waals surface area contributed by atoms with Crippen molar-refractivity contribution in [3.8, 4) is 0 Å². The van der Waals surface area contributed by atoms with Gasteiger partial charge >= 0.3 is 0 Å². The van der Waals surface area contributed by atoms with Crippen LogP contribution in [0.1, 0.15) is 37.3 Å². The van der Waals surface area contributed by atoms with Crippen LogP contribution in [0.5, 0.6) is 0 Å². The maximum absolute atomic E-state index is 12.5. The minimum atomic E-state index is -0.252. The van der Waals surface area contributed by atoms with Crippen molar-refractivity contribution in [3.05, 3.63) is 29.3 Å². The van der Waals surface area contributed by atoms with Crippen LogP contribution in [0.25, 0.3) is 0 Å². The van der Waals surface area contributed by atoms with E-state index < -0.39 is 0 Å². The standard InChI is InChI=1S/C20H29N3O2/c1-14-7-6-8-18(16(14)3)23-13-17(11-19(23)24)20(25)21-12-15(2)22-9-4-5-10-22/h6-8,15,17H,4-5,9-13H2,1-3H3,(H,21,25)/t15-,17+/m0/s1. The van der Waals surface area contributed by atoms with Gasteiger partial charge in [-0.2, -0.15) is 0 Å². The van der Waals surface area contributed by atoms with Crippen molar-refractivity contribution in [1.29, 1.82) is 0 Å². The number of amides is 2. The third kappa shape index (κ3) is 3.87. The molecule has 0 unspecified atom stereocenters. The number of rotatable bonds is 5. The smallest absolute Gasteiger partial charge is 0.227 e. The van der Waals surface area contributed by atoms with Gasteiger partial charge in [-0.05, 0) is 63.9 Å². The van der Waals surface area contributed by atoms with E-state index in [1.54, 1.807) is 4.90 Å². The van der Waals surface area contributed by atoms with Gasteiger partial charge in [0.1, 0.15) is 0 Å². The van der Waals surface area contributed by atoms with Gasteiger partial charge in [-0.1, -0.05) is 12.1 Å². The zero-order valence-electron chi connectivity index (χ0n) is 15.5. The minimum absolute atomic E-state index is 0.00667. The summed E-state index contributed by atoms with van der Waals surface area (Å²) >= 11 is 0. The van der Waals surface area contributed by atoms with Crippen LogP contribution in [0.4, 0.5) is 5.69 Å². The van der Waals surface area contributed by atoms with Gasteiger partial charge in [0.2, 0.25) is 11.8 Å². The van der Waals surface area contributed by atoms with Gasteiger partial charge in [0, 0.05) is 31.2 Å². The molecule has 5 heteroatoms. The topological polar surface area (TPSA) is 52.7 Å². The Bertz CT molecular complexity index is 652. The van der Waals surface area contributed by atoms with E-state index in [1.807, 2.05) is 32.0 Å². The van der Waals surface area contributed by atoms with Crippen LogP contribution in [-0.4, -0.2) is 48.9 Å². The molecule has 1 N–H and O–H groups in total. The third-order valence-corrected chi connectivity index (χ3v) is 5.70. The second kappa shape index (κ2) is 7.56. The number of anilines is 1. The van der Waals surface area contributed by atoms with E-state index in [2.05, 4.69) is 17.1 Å². The molecule has 2 heterocycles. The first-order valence-corrected chi connectivity index (χ1v) is 9.35. The number of aryl methyl sites for hydroxylation is 1. The molecule has 25 heavy (non-hydrogen) atoms. The second-order valence-electron chi connectivity index (χ2n) is 7.46. The Morgan fingerprint density at radius 3 is 2.72 bits per heavy atom. The van der Waals surface area contributed by atoms with Crippen LogP contribution < -0.4 is 10.2 Å². The molecule has 0 aromatic heterocycles.